The van der Waals surface area contributed by atoms with Crippen LogP contribution in [-0.4, -0.2) is 27.2 Å². The van der Waals surface area contributed by atoms with E-state index in [2.05, 4.69) is 4.52 Å². The zero-order chi connectivity index (χ0) is 10.5. The summed E-state index contributed by atoms with van der Waals surface area (Å²) in [6, 6.07) is 0. The third-order valence-electron chi connectivity index (χ3n) is 1.15. The van der Waals surface area contributed by atoms with Crippen LogP contribution in [0.25, 0.3) is 0 Å². The van der Waals surface area contributed by atoms with Crippen LogP contribution in [0.15, 0.2) is 0 Å². The SMILES string of the molecule is CCCCOP(=O)(O)CP(=O)(O)O. The maximum absolute atomic E-state index is 10.9. The Kier molecular flexibility index (Phi) is 5.37. The van der Waals surface area contributed by atoms with E-state index in [1.807, 2.05) is 6.92 Å². The molecule has 0 aromatic heterocycles. The number of hydrogen-bond donors (Lipinski definition) is 3. The van der Waals surface area contributed by atoms with Gasteiger partial charge in [-0.15, -0.1) is 0 Å². The quantitative estimate of drug-likeness (QED) is 0.468. The highest BCUT2D eigenvalue weighted by atomic mass is 31.2. The molecular formula is C5H14O6P2. The van der Waals surface area contributed by atoms with Gasteiger partial charge in [-0.3, -0.25) is 9.13 Å². The Labute approximate surface area is 76.6 Å². The lowest BCUT2D eigenvalue weighted by Crippen LogP contribution is -1.97. The largest absolute Gasteiger partial charge is 0.340 e. The Balaban J connectivity index is 3.95. The summed E-state index contributed by atoms with van der Waals surface area (Å²) in [5.41, 5.74) is 0. The molecule has 0 saturated heterocycles. The average Bonchev–Trinajstić information content (AvgIpc) is 1.81. The van der Waals surface area contributed by atoms with Crippen LogP contribution < -0.4 is 0 Å². The number of unbranched alkanes of at least 4 members (excludes halogenated alkanes) is 1. The van der Waals surface area contributed by atoms with Gasteiger partial charge in [-0.05, 0) is 6.42 Å². The van der Waals surface area contributed by atoms with Crippen LogP contribution in [0.4, 0.5) is 0 Å². The van der Waals surface area contributed by atoms with Gasteiger partial charge in [-0.25, -0.2) is 0 Å². The predicted molar refractivity (Wildman–Crippen MR) is 47.6 cm³/mol. The molecule has 0 amide bonds. The van der Waals surface area contributed by atoms with Gasteiger partial charge in [0.15, 0.2) is 5.90 Å². The Bertz CT molecular complexity index is 233. The van der Waals surface area contributed by atoms with Gasteiger partial charge < -0.3 is 19.2 Å². The number of rotatable bonds is 6. The monoisotopic (exact) mass is 232 g/mol. The third kappa shape index (κ3) is 8.63. The van der Waals surface area contributed by atoms with E-state index in [-0.39, 0.29) is 6.61 Å². The zero-order valence-corrected chi connectivity index (χ0v) is 9.08. The summed E-state index contributed by atoms with van der Waals surface area (Å²) in [6.07, 6.45) is 1.38. The van der Waals surface area contributed by atoms with Crippen molar-refractivity contribution in [1.82, 2.24) is 0 Å². The van der Waals surface area contributed by atoms with Crippen LogP contribution in [0.3, 0.4) is 0 Å². The minimum atomic E-state index is -4.47. The van der Waals surface area contributed by atoms with Crippen molar-refractivity contribution in [2.24, 2.45) is 0 Å². The van der Waals surface area contributed by atoms with Crippen LogP contribution in [0.2, 0.25) is 0 Å². The van der Waals surface area contributed by atoms with E-state index < -0.39 is 21.1 Å². The van der Waals surface area contributed by atoms with E-state index in [4.69, 9.17) is 14.7 Å². The molecule has 8 heteroatoms. The van der Waals surface area contributed by atoms with E-state index in [1.165, 1.54) is 0 Å². The molecule has 0 saturated carbocycles. The van der Waals surface area contributed by atoms with Crippen molar-refractivity contribution >= 4 is 15.2 Å². The van der Waals surface area contributed by atoms with Crippen LogP contribution in [0.5, 0.6) is 0 Å². The Hall–Kier alpha value is 0.300. The molecule has 0 spiro atoms. The average molecular weight is 232 g/mol. The molecule has 0 aliphatic carbocycles. The molecule has 6 nitrogen and oxygen atoms in total. The lowest BCUT2D eigenvalue weighted by molar-refractivity contribution is 0.256. The van der Waals surface area contributed by atoms with Crippen molar-refractivity contribution < 1.29 is 28.3 Å². The van der Waals surface area contributed by atoms with Crippen LogP contribution in [-0.2, 0) is 13.7 Å². The second-order valence-corrected chi connectivity index (χ2v) is 6.62. The Morgan fingerprint density at radius 1 is 1.23 bits per heavy atom. The molecule has 0 radical (unpaired) electrons. The molecule has 0 aromatic rings. The Morgan fingerprint density at radius 2 is 1.77 bits per heavy atom. The van der Waals surface area contributed by atoms with Gasteiger partial charge in [-0.1, -0.05) is 13.3 Å². The van der Waals surface area contributed by atoms with Crippen LogP contribution >= 0.6 is 15.2 Å². The maximum Gasteiger partial charge on any atom is 0.340 e. The second kappa shape index (κ2) is 5.25. The molecule has 1 unspecified atom stereocenters. The normalized spacial score (nSPS) is 16.9. The Morgan fingerprint density at radius 3 is 2.15 bits per heavy atom. The summed E-state index contributed by atoms with van der Waals surface area (Å²) in [5.74, 6) is -1.11. The summed E-state index contributed by atoms with van der Waals surface area (Å²) in [4.78, 5) is 25.7. The first-order valence-electron chi connectivity index (χ1n) is 3.78. The van der Waals surface area contributed by atoms with E-state index in [0.29, 0.717) is 6.42 Å². The van der Waals surface area contributed by atoms with Gasteiger partial charge in [0, 0.05) is 0 Å². The van der Waals surface area contributed by atoms with Crippen molar-refractivity contribution in [2.75, 3.05) is 12.5 Å². The fraction of sp³-hybridized carbons (Fsp3) is 1.00. The lowest BCUT2D eigenvalue weighted by atomic mass is 10.4. The smallest absolute Gasteiger partial charge is 0.324 e. The second-order valence-electron chi connectivity index (χ2n) is 2.63. The molecule has 0 fully saturated rings. The number of hydrogen-bond acceptors (Lipinski definition) is 3. The van der Waals surface area contributed by atoms with Gasteiger partial charge in [0.1, 0.15) is 0 Å². The standard InChI is InChI=1S/C5H14O6P2/c1-2-3-4-11-13(9,10)5-12(6,7)8/h2-5H2,1H3,(H,9,10)(H2,6,7,8). The molecule has 0 aliphatic heterocycles. The first-order valence-corrected chi connectivity index (χ1v) is 7.34. The highest BCUT2D eigenvalue weighted by Gasteiger charge is 2.30. The van der Waals surface area contributed by atoms with E-state index in [1.54, 1.807) is 0 Å². The van der Waals surface area contributed by atoms with Crippen molar-refractivity contribution in [2.45, 2.75) is 19.8 Å². The topological polar surface area (TPSA) is 104 Å². The van der Waals surface area contributed by atoms with E-state index in [9.17, 15) is 9.13 Å². The van der Waals surface area contributed by atoms with Crippen molar-refractivity contribution in [3.05, 3.63) is 0 Å². The van der Waals surface area contributed by atoms with Crippen molar-refractivity contribution in [3.8, 4) is 0 Å². The fourth-order valence-corrected chi connectivity index (χ4v) is 3.23. The minimum absolute atomic E-state index is 0.0459. The summed E-state index contributed by atoms with van der Waals surface area (Å²) >= 11 is 0. The molecule has 0 bridgehead atoms. The zero-order valence-electron chi connectivity index (χ0n) is 7.29. The summed E-state index contributed by atoms with van der Waals surface area (Å²) in [5, 5.41) is 0. The molecule has 13 heavy (non-hydrogen) atoms. The summed E-state index contributed by atoms with van der Waals surface area (Å²) < 4.78 is 25.8. The summed E-state index contributed by atoms with van der Waals surface area (Å²) in [7, 11) is -8.58. The molecule has 1 atom stereocenters. The highest BCUT2D eigenvalue weighted by Crippen LogP contribution is 2.55. The van der Waals surface area contributed by atoms with Gasteiger partial charge >= 0.3 is 15.2 Å². The van der Waals surface area contributed by atoms with Crippen molar-refractivity contribution in [3.63, 3.8) is 0 Å². The lowest BCUT2D eigenvalue weighted by Gasteiger charge is -2.12. The predicted octanol–water partition coefficient (Wildman–Crippen LogP) is 1.12. The summed E-state index contributed by atoms with van der Waals surface area (Å²) in [6.45, 7) is 1.92. The molecule has 80 valence electrons. The fourth-order valence-electron chi connectivity index (χ4n) is 0.625. The van der Waals surface area contributed by atoms with E-state index >= 15 is 0 Å². The first-order chi connectivity index (χ1) is 5.77. The first kappa shape index (κ1) is 13.3. The molecule has 0 aliphatic rings. The van der Waals surface area contributed by atoms with Crippen LogP contribution in [0, 0.1) is 0 Å². The molecule has 0 aromatic carbocycles. The van der Waals surface area contributed by atoms with Gasteiger partial charge in [0.05, 0.1) is 6.61 Å². The maximum atomic E-state index is 10.9. The highest BCUT2D eigenvalue weighted by molar-refractivity contribution is 7.70. The third-order valence-corrected chi connectivity index (χ3v) is 4.64. The van der Waals surface area contributed by atoms with Gasteiger partial charge in [0.25, 0.3) is 0 Å². The molecular weight excluding hydrogens is 218 g/mol. The van der Waals surface area contributed by atoms with Gasteiger partial charge in [-0.2, -0.15) is 0 Å². The van der Waals surface area contributed by atoms with Gasteiger partial charge in [0.2, 0.25) is 0 Å². The molecule has 3 N–H and O–H groups in total. The van der Waals surface area contributed by atoms with Crippen molar-refractivity contribution in [1.29, 1.82) is 0 Å². The molecule has 0 rings (SSSR count). The molecule has 0 heterocycles. The van der Waals surface area contributed by atoms with E-state index in [0.717, 1.165) is 6.42 Å². The van der Waals surface area contributed by atoms with Crippen LogP contribution in [0.1, 0.15) is 19.8 Å². The minimum Gasteiger partial charge on any atom is -0.324 e.